The molecule has 0 bridgehead atoms. The van der Waals surface area contributed by atoms with Gasteiger partial charge in [-0.3, -0.25) is 4.55 Å². The Kier molecular flexibility index (Phi) is 3.05. The quantitative estimate of drug-likeness (QED) is 0.741. The molecule has 0 aliphatic rings. The van der Waals surface area contributed by atoms with Gasteiger partial charge in [0, 0.05) is 0 Å². The SMILES string of the molecule is C=Cc1ccc(C(O)S(=O)(=O)O)cc1. The molecule has 1 atom stereocenters. The molecule has 0 fully saturated rings. The van der Waals surface area contributed by atoms with Crippen molar-refractivity contribution in [2.75, 3.05) is 0 Å². The van der Waals surface area contributed by atoms with Crippen molar-refractivity contribution in [3.05, 3.63) is 42.0 Å². The highest BCUT2D eigenvalue weighted by atomic mass is 32.2. The first kappa shape index (κ1) is 10.9. The van der Waals surface area contributed by atoms with Crippen LogP contribution in [0.3, 0.4) is 0 Å². The molecule has 1 aromatic carbocycles. The largest absolute Gasteiger partial charge is 0.371 e. The molecule has 1 aromatic rings. The molecule has 5 heteroatoms. The predicted octanol–water partition coefficient (Wildman–Crippen LogP) is 1.21. The van der Waals surface area contributed by atoms with E-state index in [1.54, 1.807) is 18.2 Å². The van der Waals surface area contributed by atoms with E-state index in [9.17, 15) is 8.42 Å². The lowest BCUT2D eigenvalue weighted by Gasteiger charge is -2.07. The van der Waals surface area contributed by atoms with E-state index in [1.165, 1.54) is 12.1 Å². The van der Waals surface area contributed by atoms with E-state index in [-0.39, 0.29) is 5.56 Å². The lowest BCUT2D eigenvalue weighted by atomic mass is 10.1. The molecular weight excluding hydrogens is 204 g/mol. The first-order valence-electron chi connectivity index (χ1n) is 3.82. The molecule has 0 saturated heterocycles. The number of benzene rings is 1. The van der Waals surface area contributed by atoms with E-state index >= 15 is 0 Å². The summed E-state index contributed by atoms with van der Waals surface area (Å²) < 4.78 is 29.7. The summed E-state index contributed by atoms with van der Waals surface area (Å²) in [6, 6.07) is 6.01. The van der Waals surface area contributed by atoms with E-state index in [0.29, 0.717) is 0 Å². The fourth-order valence-corrected chi connectivity index (χ4v) is 1.47. The van der Waals surface area contributed by atoms with E-state index in [2.05, 4.69) is 6.58 Å². The molecule has 0 saturated carbocycles. The molecule has 0 spiro atoms. The Morgan fingerprint density at radius 2 is 1.79 bits per heavy atom. The standard InChI is InChI=1S/C9H10O4S/c1-2-7-3-5-8(6-4-7)9(10)14(11,12)13/h2-6,9-10H,1H2,(H,11,12,13). The van der Waals surface area contributed by atoms with Gasteiger partial charge >= 0.3 is 0 Å². The number of hydrogen-bond donors (Lipinski definition) is 2. The summed E-state index contributed by atoms with van der Waals surface area (Å²) in [5.74, 6) is 0. The second kappa shape index (κ2) is 3.91. The average Bonchev–Trinajstić information content (AvgIpc) is 2.15. The zero-order chi connectivity index (χ0) is 10.8. The lowest BCUT2D eigenvalue weighted by Crippen LogP contribution is -2.10. The van der Waals surface area contributed by atoms with Crippen LogP contribution < -0.4 is 0 Å². The van der Waals surface area contributed by atoms with Crippen molar-refractivity contribution in [1.29, 1.82) is 0 Å². The van der Waals surface area contributed by atoms with E-state index in [4.69, 9.17) is 9.66 Å². The Labute approximate surface area is 82.3 Å². The fourth-order valence-electron chi connectivity index (χ4n) is 0.969. The molecule has 0 aromatic heterocycles. The maximum absolute atomic E-state index is 10.6. The first-order valence-corrected chi connectivity index (χ1v) is 5.32. The zero-order valence-electron chi connectivity index (χ0n) is 7.29. The summed E-state index contributed by atoms with van der Waals surface area (Å²) in [5, 5.41) is 9.16. The highest BCUT2D eigenvalue weighted by molar-refractivity contribution is 7.85. The highest BCUT2D eigenvalue weighted by Gasteiger charge is 2.21. The second-order valence-corrected chi connectivity index (χ2v) is 4.21. The number of rotatable bonds is 3. The van der Waals surface area contributed by atoms with Crippen LogP contribution >= 0.6 is 0 Å². The third-order valence-corrected chi connectivity index (χ3v) is 2.58. The van der Waals surface area contributed by atoms with Crippen LogP contribution in [0.5, 0.6) is 0 Å². The molecule has 0 amide bonds. The van der Waals surface area contributed by atoms with Gasteiger partial charge in [-0.2, -0.15) is 8.42 Å². The van der Waals surface area contributed by atoms with Crippen LogP contribution in [0.25, 0.3) is 6.08 Å². The minimum absolute atomic E-state index is 0.123. The summed E-state index contributed by atoms with van der Waals surface area (Å²) in [4.78, 5) is 0. The second-order valence-electron chi connectivity index (χ2n) is 2.74. The van der Waals surface area contributed by atoms with Gasteiger partial charge < -0.3 is 5.11 Å². The van der Waals surface area contributed by atoms with E-state index in [1.807, 2.05) is 0 Å². The highest BCUT2D eigenvalue weighted by Crippen LogP contribution is 2.18. The van der Waals surface area contributed by atoms with Crippen LogP contribution in [-0.2, 0) is 10.1 Å². The van der Waals surface area contributed by atoms with Crippen LogP contribution in [-0.4, -0.2) is 18.1 Å². The summed E-state index contributed by atoms with van der Waals surface area (Å²) in [6.07, 6.45) is 1.59. The van der Waals surface area contributed by atoms with Gasteiger partial charge in [0.05, 0.1) is 0 Å². The molecule has 0 aliphatic carbocycles. The Hall–Kier alpha value is -1.17. The van der Waals surface area contributed by atoms with Crippen molar-refractivity contribution < 1.29 is 18.1 Å². The summed E-state index contributed by atoms with van der Waals surface area (Å²) in [5.41, 5.74) is -0.962. The molecule has 1 rings (SSSR count). The monoisotopic (exact) mass is 214 g/mol. The smallest absolute Gasteiger partial charge is 0.296 e. The van der Waals surface area contributed by atoms with Crippen LogP contribution in [0.2, 0.25) is 0 Å². The summed E-state index contributed by atoms with van der Waals surface area (Å²) >= 11 is 0. The van der Waals surface area contributed by atoms with Crippen LogP contribution in [0.15, 0.2) is 30.8 Å². The van der Waals surface area contributed by atoms with Crippen molar-refractivity contribution in [3.8, 4) is 0 Å². The summed E-state index contributed by atoms with van der Waals surface area (Å²) in [6.45, 7) is 3.52. The van der Waals surface area contributed by atoms with Gasteiger partial charge in [0.15, 0.2) is 0 Å². The number of hydrogen-bond acceptors (Lipinski definition) is 3. The predicted molar refractivity (Wildman–Crippen MR) is 53.0 cm³/mol. The molecule has 2 N–H and O–H groups in total. The topological polar surface area (TPSA) is 74.6 Å². The fraction of sp³-hybridized carbons (Fsp3) is 0.111. The van der Waals surface area contributed by atoms with E-state index in [0.717, 1.165) is 5.56 Å². The molecular formula is C9H10O4S. The van der Waals surface area contributed by atoms with E-state index < -0.39 is 15.6 Å². The van der Waals surface area contributed by atoms with Crippen molar-refractivity contribution in [3.63, 3.8) is 0 Å². The minimum Gasteiger partial charge on any atom is -0.371 e. The molecule has 0 aliphatic heterocycles. The Balaban J connectivity index is 3.04. The van der Waals surface area contributed by atoms with Gasteiger partial charge in [0.25, 0.3) is 10.1 Å². The number of aliphatic hydroxyl groups is 1. The minimum atomic E-state index is -4.45. The van der Waals surface area contributed by atoms with Crippen LogP contribution in [0.4, 0.5) is 0 Å². The Bertz CT molecular complexity index is 419. The molecule has 14 heavy (non-hydrogen) atoms. The molecule has 76 valence electrons. The first-order chi connectivity index (χ1) is 6.45. The van der Waals surface area contributed by atoms with Crippen molar-refractivity contribution in [2.45, 2.75) is 5.44 Å². The van der Waals surface area contributed by atoms with Gasteiger partial charge in [-0.15, -0.1) is 0 Å². The average molecular weight is 214 g/mol. The van der Waals surface area contributed by atoms with Crippen molar-refractivity contribution >= 4 is 16.2 Å². The Morgan fingerprint density at radius 3 is 2.14 bits per heavy atom. The van der Waals surface area contributed by atoms with Gasteiger partial charge in [0.2, 0.25) is 5.44 Å². The maximum Gasteiger partial charge on any atom is 0.296 e. The molecule has 0 heterocycles. The maximum atomic E-state index is 10.6. The van der Waals surface area contributed by atoms with Crippen molar-refractivity contribution in [1.82, 2.24) is 0 Å². The molecule has 0 radical (unpaired) electrons. The van der Waals surface area contributed by atoms with Gasteiger partial charge in [-0.25, -0.2) is 0 Å². The van der Waals surface area contributed by atoms with Crippen LogP contribution in [0.1, 0.15) is 16.6 Å². The zero-order valence-corrected chi connectivity index (χ0v) is 8.11. The Morgan fingerprint density at radius 1 is 1.29 bits per heavy atom. The normalized spacial score (nSPS) is 13.6. The van der Waals surface area contributed by atoms with Crippen LogP contribution in [0, 0.1) is 0 Å². The molecule has 4 nitrogen and oxygen atoms in total. The lowest BCUT2D eigenvalue weighted by molar-refractivity contribution is 0.238. The van der Waals surface area contributed by atoms with Gasteiger partial charge in [-0.1, -0.05) is 36.9 Å². The summed E-state index contributed by atoms with van der Waals surface area (Å²) in [7, 11) is -4.45. The molecule has 1 unspecified atom stereocenters. The van der Waals surface area contributed by atoms with Gasteiger partial charge in [-0.05, 0) is 11.1 Å². The van der Waals surface area contributed by atoms with Crippen molar-refractivity contribution in [2.24, 2.45) is 0 Å². The third-order valence-electron chi connectivity index (χ3n) is 1.74. The third kappa shape index (κ3) is 2.41. The van der Waals surface area contributed by atoms with Gasteiger partial charge in [0.1, 0.15) is 0 Å². The number of aliphatic hydroxyl groups excluding tert-OH is 1.